The van der Waals surface area contributed by atoms with Crippen molar-refractivity contribution >= 4 is 60.9 Å². The molecule has 2 aromatic carbocycles. The molecule has 0 N–H and O–H groups in total. The maximum atomic E-state index is 13.5. The van der Waals surface area contributed by atoms with Crippen LogP contribution in [0.15, 0.2) is 40.9 Å². The summed E-state index contributed by atoms with van der Waals surface area (Å²) in [7, 11) is 4.05. The monoisotopic (exact) mass is 493 g/mol. The molecule has 29 heavy (non-hydrogen) atoms. The standard InChI is InChI=1S/C22H24BrN3OS.ClH/c1-25(2)11-12-26(22-24-19-10-9-18(23)14-20(19)28-22)21(27)17-8-7-15-5-3-4-6-16(15)13-17;/h7-10,13-14H,3-6,11-12H2,1-2H3;1H. The predicted octanol–water partition coefficient (Wildman–Crippen LogP) is 5.57. The fourth-order valence-corrected chi connectivity index (χ4v) is 5.15. The zero-order chi connectivity index (χ0) is 19.7. The number of benzene rings is 2. The van der Waals surface area contributed by atoms with Gasteiger partial charge in [0.15, 0.2) is 5.13 Å². The lowest BCUT2D eigenvalue weighted by Crippen LogP contribution is -2.36. The second-order valence-corrected chi connectivity index (χ2v) is 9.48. The number of fused-ring (bicyclic) bond motifs is 2. The highest BCUT2D eigenvalue weighted by molar-refractivity contribution is 9.10. The minimum atomic E-state index is 0. The molecule has 0 unspecified atom stereocenters. The maximum Gasteiger partial charge on any atom is 0.260 e. The van der Waals surface area contributed by atoms with Crippen LogP contribution in [0.25, 0.3) is 10.2 Å². The van der Waals surface area contributed by atoms with Gasteiger partial charge in [-0.25, -0.2) is 4.98 Å². The number of amides is 1. The summed E-state index contributed by atoms with van der Waals surface area (Å²) in [5.74, 6) is 0.0355. The molecule has 0 fully saturated rings. The number of nitrogens with zero attached hydrogens (tertiary/aromatic N) is 3. The van der Waals surface area contributed by atoms with E-state index in [0.717, 1.165) is 44.8 Å². The molecule has 4 rings (SSSR count). The molecule has 1 amide bonds. The molecule has 1 aliphatic carbocycles. The van der Waals surface area contributed by atoms with Crippen LogP contribution in [-0.2, 0) is 12.8 Å². The van der Waals surface area contributed by atoms with E-state index >= 15 is 0 Å². The molecule has 0 radical (unpaired) electrons. The van der Waals surface area contributed by atoms with Crippen molar-refractivity contribution in [2.24, 2.45) is 0 Å². The smallest absolute Gasteiger partial charge is 0.260 e. The highest BCUT2D eigenvalue weighted by Crippen LogP contribution is 2.32. The number of carbonyl (C=O) groups excluding carboxylic acids is 1. The molecule has 1 aromatic heterocycles. The molecular formula is C22H25BrClN3OS. The molecule has 4 nitrogen and oxygen atoms in total. The Bertz CT molecular complexity index is 1020. The Kier molecular flexibility index (Phi) is 7.32. The van der Waals surface area contributed by atoms with E-state index in [4.69, 9.17) is 4.98 Å². The van der Waals surface area contributed by atoms with Crippen molar-refractivity contribution in [2.75, 3.05) is 32.1 Å². The number of carbonyl (C=O) groups is 1. The molecule has 0 spiro atoms. The van der Waals surface area contributed by atoms with Crippen LogP contribution in [0, 0.1) is 0 Å². The Balaban J connectivity index is 0.00000240. The van der Waals surface area contributed by atoms with E-state index < -0.39 is 0 Å². The van der Waals surface area contributed by atoms with Crippen LogP contribution in [-0.4, -0.2) is 43.0 Å². The lowest BCUT2D eigenvalue weighted by atomic mass is 9.90. The molecule has 0 saturated heterocycles. The number of thiazole rings is 1. The molecule has 1 aliphatic rings. The first-order valence-electron chi connectivity index (χ1n) is 9.66. The van der Waals surface area contributed by atoms with Crippen molar-refractivity contribution in [3.63, 3.8) is 0 Å². The number of aromatic nitrogens is 1. The maximum absolute atomic E-state index is 13.5. The number of halogens is 2. The second-order valence-electron chi connectivity index (χ2n) is 7.56. The van der Waals surface area contributed by atoms with Crippen LogP contribution in [0.3, 0.4) is 0 Å². The van der Waals surface area contributed by atoms with E-state index in [9.17, 15) is 4.79 Å². The Morgan fingerprint density at radius 1 is 1.07 bits per heavy atom. The summed E-state index contributed by atoms with van der Waals surface area (Å²) in [5, 5.41) is 0.762. The van der Waals surface area contributed by atoms with Gasteiger partial charge in [-0.3, -0.25) is 9.69 Å². The second kappa shape index (κ2) is 9.56. The summed E-state index contributed by atoms with van der Waals surface area (Å²) < 4.78 is 2.11. The first kappa shape index (κ1) is 22.2. The number of likely N-dealkylation sites (N-methyl/N-ethyl adjacent to an activating group) is 1. The van der Waals surface area contributed by atoms with E-state index in [1.807, 2.05) is 37.2 Å². The summed E-state index contributed by atoms with van der Waals surface area (Å²) in [6, 6.07) is 12.3. The zero-order valence-electron chi connectivity index (χ0n) is 16.7. The minimum absolute atomic E-state index is 0. The fraction of sp³-hybridized carbons (Fsp3) is 0.364. The fourth-order valence-electron chi connectivity index (χ4n) is 3.61. The summed E-state index contributed by atoms with van der Waals surface area (Å²) in [6.07, 6.45) is 4.66. The van der Waals surface area contributed by atoms with Crippen LogP contribution in [0.1, 0.15) is 34.3 Å². The van der Waals surface area contributed by atoms with Gasteiger partial charge in [-0.2, -0.15) is 0 Å². The van der Waals surface area contributed by atoms with Crippen LogP contribution in [0.2, 0.25) is 0 Å². The van der Waals surface area contributed by atoms with Gasteiger partial charge in [0.05, 0.1) is 10.2 Å². The van der Waals surface area contributed by atoms with Crippen molar-refractivity contribution in [1.82, 2.24) is 9.88 Å². The summed E-state index contributed by atoms with van der Waals surface area (Å²) in [4.78, 5) is 22.1. The summed E-state index contributed by atoms with van der Waals surface area (Å²) in [6.45, 7) is 1.40. The van der Waals surface area contributed by atoms with E-state index in [2.05, 4.69) is 39.0 Å². The van der Waals surface area contributed by atoms with Crippen molar-refractivity contribution in [3.05, 3.63) is 57.6 Å². The topological polar surface area (TPSA) is 36.4 Å². The third-order valence-electron chi connectivity index (χ3n) is 5.18. The molecule has 1 heterocycles. The van der Waals surface area contributed by atoms with Gasteiger partial charge in [0.2, 0.25) is 0 Å². The first-order valence-corrected chi connectivity index (χ1v) is 11.3. The molecule has 0 bridgehead atoms. The van der Waals surface area contributed by atoms with E-state index in [1.54, 1.807) is 11.3 Å². The van der Waals surface area contributed by atoms with Gasteiger partial charge >= 0.3 is 0 Å². The predicted molar refractivity (Wildman–Crippen MR) is 128 cm³/mol. The van der Waals surface area contributed by atoms with Gasteiger partial charge in [0.1, 0.15) is 0 Å². The van der Waals surface area contributed by atoms with Crippen LogP contribution < -0.4 is 4.90 Å². The Morgan fingerprint density at radius 3 is 2.59 bits per heavy atom. The minimum Gasteiger partial charge on any atom is -0.308 e. The van der Waals surface area contributed by atoms with Gasteiger partial charge in [-0.05, 0) is 81.2 Å². The summed E-state index contributed by atoms with van der Waals surface area (Å²) in [5.41, 5.74) is 4.42. The molecule has 3 aromatic rings. The van der Waals surface area contributed by atoms with Gasteiger partial charge < -0.3 is 4.90 Å². The van der Waals surface area contributed by atoms with Gasteiger partial charge in [-0.1, -0.05) is 33.3 Å². The highest BCUT2D eigenvalue weighted by atomic mass is 79.9. The van der Waals surface area contributed by atoms with Crippen molar-refractivity contribution < 1.29 is 4.79 Å². The van der Waals surface area contributed by atoms with Crippen molar-refractivity contribution in [3.8, 4) is 0 Å². The molecule has 0 aliphatic heterocycles. The van der Waals surface area contributed by atoms with E-state index in [0.29, 0.717) is 6.54 Å². The molecular weight excluding hydrogens is 470 g/mol. The third kappa shape index (κ3) is 5.00. The Labute approximate surface area is 190 Å². The number of rotatable bonds is 5. The average molecular weight is 495 g/mol. The van der Waals surface area contributed by atoms with Crippen LogP contribution in [0.4, 0.5) is 5.13 Å². The number of aryl methyl sites for hydroxylation is 2. The zero-order valence-corrected chi connectivity index (χ0v) is 19.9. The SMILES string of the molecule is CN(C)CCN(C(=O)c1ccc2c(c1)CCCC2)c1nc2ccc(Br)cc2s1.Cl. The van der Waals surface area contributed by atoms with Crippen molar-refractivity contribution in [1.29, 1.82) is 0 Å². The third-order valence-corrected chi connectivity index (χ3v) is 6.72. The van der Waals surface area contributed by atoms with Crippen molar-refractivity contribution in [2.45, 2.75) is 25.7 Å². The first-order chi connectivity index (χ1) is 13.5. The van der Waals surface area contributed by atoms with Gasteiger partial charge in [0.25, 0.3) is 5.91 Å². The normalized spacial score (nSPS) is 13.2. The van der Waals surface area contributed by atoms with E-state index in [-0.39, 0.29) is 18.3 Å². The van der Waals surface area contributed by atoms with Gasteiger partial charge in [-0.15, -0.1) is 12.4 Å². The molecule has 7 heteroatoms. The largest absolute Gasteiger partial charge is 0.308 e. The van der Waals surface area contributed by atoms with Crippen LogP contribution >= 0.6 is 39.7 Å². The quantitative estimate of drug-likeness (QED) is 0.465. The Morgan fingerprint density at radius 2 is 1.83 bits per heavy atom. The number of hydrogen-bond donors (Lipinski definition) is 0. The van der Waals surface area contributed by atoms with E-state index in [1.165, 1.54) is 24.0 Å². The van der Waals surface area contributed by atoms with Gasteiger partial charge in [0, 0.05) is 23.1 Å². The number of hydrogen-bond acceptors (Lipinski definition) is 4. The molecule has 154 valence electrons. The lowest BCUT2D eigenvalue weighted by molar-refractivity contribution is 0.0985. The summed E-state index contributed by atoms with van der Waals surface area (Å²) >= 11 is 5.09. The Hall–Kier alpha value is -1.47. The molecule has 0 saturated carbocycles. The van der Waals surface area contributed by atoms with Crippen LogP contribution in [0.5, 0.6) is 0 Å². The molecule has 0 atom stereocenters. The number of anilines is 1. The lowest BCUT2D eigenvalue weighted by Gasteiger charge is -2.23. The average Bonchev–Trinajstić information content (AvgIpc) is 3.10. The highest BCUT2D eigenvalue weighted by Gasteiger charge is 2.23.